The van der Waals surface area contributed by atoms with Crippen LogP contribution in [0.25, 0.3) is 11.2 Å². The number of thioether (sulfide) groups is 1. The number of aromatic nitrogens is 3. The molecule has 0 aliphatic rings. The molecule has 5 aromatic rings. The van der Waals surface area contributed by atoms with E-state index in [4.69, 9.17) is 16.6 Å². The summed E-state index contributed by atoms with van der Waals surface area (Å²) < 4.78 is 2.16. The topological polar surface area (TPSA) is 59.8 Å². The van der Waals surface area contributed by atoms with Gasteiger partial charge in [0, 0.05) is 29.1 Å². The Labute approximate surface area is 213 Å². The second-order valence-corrected chi connectivity index (χ2v) is 9.42. The Morgan fingerprint density at radius 1 is 0.886 bits per heavy atom. The Morgan fingerprint density at radius 2 is 1.66 bits per heavy atom. The quantitative estimate of drug-likeness (QED) is 0.253. The summed E-state index contributed by atoms with van der Waals surface area (Å²) in [5.41, 5.74) is 5.59. The number of carbonyl (C=O) groups excluding carboxylic acids is 1. The van der Waals surface area contributed by atoms with E-state index in [9.17, 15) is 4.79 Å². The Morgan fingerprint density at radius 3 is 2.46 bits per heavy atom. The van der Waals surface area contributed by atoms with Crippen molar-refractivity contribution < 1.29 is 4.79 Å². The summed E-state index contributed by atoms with van der Waals surface area (Å²) in [7, 11) is 0. The van der Waals surface area contributed by atoms with Crippen molar-refractivity contribution in [1.29, 1.82) is 0 Å². The van der Waals surface area contributed by atoms with Crippen LogP contribution in [0.1, 0.15) is 27.0 Å². The number of hydrogen-bond acceptors (Lipinski definition) is 4. The van der Waals surface area contributed by atoms with Gasteiger partial charge in [-0.1, -0.05) is 84.0 Å². The van der Waals surface area contributed by atoms with Gasteiger partial charge in [0.25, 0.3) is 5.91 Å². The molecule has 0 saturated heterocycles. The highest BCUT2D eigenvalue weighted by Gasteiger charge is 2.13. The van der Waals surface area contributed by atoms with E-state index in [2.05, 4.69) is 27.0 Å². The summed E-state index contributed by atoms with van der Waals surface area (Å²) in [5.74, 6) is 0.611. The molecule has 5 nitrogen and oxygen atoms in total. The first-order valence-corrected chi connectivity index (χ1v) is 12.6. The van der Waals surface area contributed by atoms with Crippen LogP contribution in [0.4, 0.5) is 0 Å². The fraction of sp³-hybridized carbons (Fsp3) is 0.107. The normalized spacial score (nSPS) is 11.0. The Kier molecular flexibility index (Phi) is 7.12. The molecule has 0 radical (unpaired) electrons. The molecular formula is C28H23ClN4OS. The smallest absolute Gasteiger partial charge is 0.251 e. The molecule has 1 amide bonds. The fourth-order valence-electron chi connectivity index (χ4n) is 3.78. The molecule has 2 aromatic heterocycles. The monoisotopic (exact) mass is 498 g/mol. The third kappa shape index (κ3) is 5.56. The maximum absolute atomic E-state index is 12.6. The number of pyridine rings is 1. The van der Waals surface area contributed by atoms with Gasteiger partial charge in [0.2, 0.25) is 0 Å². The predicted octanol–water partition coefficient (Wildman–Crippen LogP) is 6.36. The van der Waals surface area contributed by atoms with Crippen LogP contribution >= 0.6 is 23.4 Å². The summed E-state index contributed by atoms with van der Waals surface area (Å²) in [5, 5.41) is 4.50. The molecule has 0 fully saturated rings. The van der Waals surface area contributed by atoms with Gasteiger partial charge in [0.15, 0.2) is 10.8 Å². The van der Waals surface area contributed by atoms with Crippen molar-refractivity contribution in [2.24, 2.45) is 0 Å². The molecule has 0 aliphatic heterocycles. The lowest BCUT2D eigenvalue weighted by Gasteiger charge is -2.09. The third-order valence-corrected chi connectivity index (χ3v) is 7.05. The molecule has 7 heteroatoms. The lowest BCUT2D eigenvalue weighted by atomic mass is 10.1. The summed E-state index contributed by atoms with van der Waals surface area (Å²) in [6.45, 7) is 1.10. The average Bonchev–Trinajstić information content (AvgIpc) is 3.25. The summed E-state index contributed by atoms with van der Waals surface area (Å²) >= 11 is 7.84. The summed E-state index contributed by atoms with van der Waals surface area (Å²) in [4.78, 5) is 21.9. The average molecular weight is 499 g/mol. The van der Waals surface area contributed by atoms with E-state index in [1.807, 2.05) is 78.9 Å². The molecule has 0 bridgehead atoms. The van der Waals surface area contributed by atoms with E-state index in [0.717, 1.165) is 33.2 Å². The molecule has 3 aromatic carbocycles. The molecule has 0 unspecified atom stereocenters. The van der Waals surface area contributed by atoms with E-state index in [1.54, 1.807) is 18.0 Å². The van der Waals surface area contributed by atoms with Crippen molar-refractivity contribution in [2.75, 3.05) is 0 Å². The summed E-state index contributed by atoms with van der Waals surface area (Å²) in [6.07, 6.45) is 1.80. The molecular weight excluding hydrogens is 476 g/mol. The molecule has 2 heterocycles. The Hall–Kier alpha value is -3.61. The molecule has 0 spiro atoms. The van der Waals surface area contributed by atoms with Crippen LogP contribution in [-0.4, -0.2) is 20.4 Å². The maximum Gasteiger partial charge on any atom is 0.251 e. The van der Waals surface area contributed by atoms with E-state index in [1.165, 1.54) is 5.56 Å². The van der Waals surface area contributed by atoms with Gasteiger partial charge in [-0.25, -0.2) is 9.97 Å². The van der Waals surface area contributed by atoms with Gasteiger partial charge >= 0.3 is 0 Å². The minimum absolute atomic E-state index is 0.125. The maximum atomic E-state index is 12.6. The number of benzene rings is 3. The zero-order chi connectivity index (χ0) is 24.0. The van der Waals surface area contributed by atoms with E-state index in [0.29, 0.717) is 23.7 Å². The van der Waals surface area contributed by atoms with Crippen molar-refractivity contribution in [3.63, 3.8) is 0 Å². The number of amides is 1. The second-order valence-electron chi connectivity index (χ2n) is 8.07. The van der Waals surface area contributed by atoms with E-state index >= 15 is 0 Å². The number of imidazole rings is 1. The van der Waals surface area contributed by atoms with Crippen molar-refractivity contribution in [3.05, 3.63) is 124 Å². The van der Waals surface area contributed by atoms with Crippen LogP contribution in [0.5, 0.6) is 0 Å². The molecule has 5 rings (SSSR count). The van der Waals surface area contributed by atoms with Gasteiger partial charge in [-0.2, -0.15) is 0 Å². The van der Waals surface area contributed by atoms with Crippen LogP contribution in [0.2, 0.25) is 5.02 Å². The number of hydrogen-bond donors (Lipinski definition) is 1. The number of fused-ring (bicyclic) bond motifs is 1. The highest BCUT2D eigenvalue weighted by Crippen LogP contribution is 2.27. The fourth-order valence-corrected chi connectivity index (χ4v) is 4.94. The molecule has 174 valence electrons. The van der Waals surface area contributed by atoms with Gasteiger partial charge in [-0.15, -0.1) is 0 Å². The van der Waals surface area contributed by atoms with Crippen LogP contribution in [0, 0.1) is 0 Å². The Balaban J connectivity index is 1.26. The molecule has 0 aliphatic carbocycles. The number of nitrogens with zero attached hydrogens (tertiary/aromatic N) is 3. The van der Waals surface area contributed by atoms with E-state index in [-0.39, 0.29) is 5.91 Å². The van der Waals surface area contributed by atoms with Crippen molar-refractivity contribution in [3.8, 4) is 0 Å². The van der Waals surface area contributed by atoms with Crippen molar-refractivity contribution in [2.45, 2.75) is 24.0 Å². The standard InChI is InChI=1S/C28H23ClN4OS/c29-24-10-5-4-9-23(24)17-31-27(34)22-14-12-21(13-15-22)19-35-28-32-25-11-6-16-30-26(25)33(28)18-20-7-2-1-3-8-20/h1-16H,17-19H2,(H,31,34). The van der Waals surface area contributed by atoms with E-state index < -0.39 is 0 Å². The summed E-state index contributed by atoms with van der Waals surface area (Å²) in [6, 6.07) is 29.4. The number of halogens is 1. The molecule has 0 saturated carbocycles. The lowest BCUT2D eigenvalue weighted by Crippen LogP contribution is -2.22. The van der Waals surface area contributed by atoms with Crippen molar-refractivity contribution >= 4 is 40.4 Å². The van der Waals surface area contributed by atoms with Gasteiger partial charge in [0.1, 0.15) is 5.52 Å². The largest absolute Gasteiger partial charge is 0.348 e. The number of rotatable bonds is 8. The zero-order valence-corrected chi connectivity index (χ0v) is 20.5. The van der Waals surface area contributed by atoms with Crippen LogP contribution in [0.15, 0.2) is 102 Å². The number of carbonyl (C=O) groups is 1. The van der Waals surface area contributed by atoms with Crippen LogP contribution < -0.4 is 5.32 Å². The molecule has 1 N–H and O–H groups in total. The first-order valence-electron chi connectivity index (χ1n) is 11.3. The highest BCUT2D eigenvalue weighted by molar-refractivity contribution is 7.98. The van der Waals surface area contributed by atoms with Crippen LogP contribution in [0.3, 0.4) is 0 Å². The minimum Gasteiger partial charge on any atom is -0.348 e. The Bertz CT molecular complexity index is 1450. The second kappa shape index (κ2) is 10.8. The molecule has 0 atom stereocenters. The molecule has 35 heavy (non-hydrogen) atoms. The van der Waals surface area contributed by atoms with Crippen LogP contribution in [-0.2, 0) is 18.8 Å². The number of nitrogens with one attached hydrogen (secondary N) is 1. The first-order chi connectivity index (χ1) is 17.2. The van der Waals surface area contributed by atoms with Gasteiger partial charge in [0.05, 0.1) is 6.54 Å². The zero-order valence-electron chi connectivity index (χ0n) is 18.9. The first kappa shape index (κ1) is 23.1. The van der Waals surface area contributed by atoms with Crippen molar-refractivity contribution in [1.82, 2.24) is 19.9 Å². The van der Waals surface area contributed by atoms with Gasteiger partial charge in [-0.05, 0) is 47.0 Å². The van der Waals surface area contributed by atoms with Gasteiger partial charge in [-0.3, -0.25) is 9.36 Å². The minimum atomic E-state index is -0.125. The lowest BCUT2D eigenvalue weighted by molar-refractivity contribution is 0.0951. The SMILES string of the molecule is O=C(NCc1ccccc1Cl)c1ccc(CSc2nc3cccnc3n2Cc2ccccc2)cc1. The third-order valence-electron chi connectivity index (χ3n) is 5.63. The highest BCUT2D eigenvalue weighted by atomic mass is 35.5. The predicted molar refractivity (Wildman–Crippen MR) is 142 cm³/mol. The van der Waals surface area contributed by atoms with Gasteiger partial charge < -0.3 is 5.32 Å².